The van der Waals surface area contributed by atoms with Crippen LogP contribution in [-0.2, 0) is 9.53 Å². The van der Waals surface area contributed by atoms with Crippen LogP contribution >= 0.6 is 0 Å². The molecule has 15 heavy (non-hydrogen) atoms. The summed E-state index contributed by atoms with van der Waals surface area (Å²) in [6, 6.07) is 0. The van der Waals surface area contributed by atoms with Crippen molar-refractivity contribution in [3.05, 3.63) is 12.2 Å². The molecule has 0 aromatic rings. The van der Waals surface area contributed by atoms with Gasteiger partial charge in [0.2, 0.25) is 0 Å². The summed E-state index contributed by atoms with van der Waals surface area (Å²) in [5.41, 5.74) is 6.07. The number of hydrogen-bond acceptors (Lipinski definition) is 3. The van der Waals surface area contributed by atoms with E-state index in [0.717, 1.165) is 6.42 Å². The van der Waals surface area contributed by atoms with Gasteiger partial charge in [-0.2, -0.15) is 0 Å². The van der Waals surface area contributed by atoms with Crippen molar-refractivity contribution in [2.75, 3.05) is 0 Å². The standard InChI is InChI=1S/C12H23NO2/c1-7-10(9(4)12(5,6)13)15-11(14)8(2)3/h9-10H,2,7,13H2,1,3-6H3. The van der Waals surface area contributed by atoms with Gasteiger partial charge in [-0.05, 0) is 27.2 Å². The maximum atomic E-state index is 11.4. The van der Waals surface area contributed by atoms with E-state index < -0.39 is 0 Å². The monoisotopic (exact) mass is 213 g/mol. The molecule has 3 nitrogen and oxygen atoms in total. The molecule has 88 valence electrons. The van der Waals surface area contributed by atoms with Gasteiger partial charge in [-0.1, -0.05) is 20.4 Å². The molecule has 0 heterocycles. The van der Waals surface area contributed by atoms with Crippen LogP contribution in [0.25, 0.3) is 0 Å². The van der Waals surface area contributed by atoms with E-state index in [9.17, 15) is 4.79 Å². The van der Waals surface area contributed by atoms with Crippen LogP contribution in [0.3, 0.4) is 0 Å². The first-order valence-electron chi connectivity index (χ1n) is 5.35. The summed E-state index contributed by atoms with van der Waals surface area (Å²) < 4.78 is 5.33. The minimum absolute atomic E-state index is 0.116. The molecule has 0 aliphatic heterocycles. The van der Waals surface area contributed by atoms with Crippen LogP contribution in [0.5, 0.6) is 0 Å². The van der Waals surface area contributed by atoms with Crippen molar-refractivity contribution in [3.8, 4) is 0 Å². The van der Waals surface area contributed by atoms with E-state index in [1.54, 1.807) is 6.92 Å². The zero-order valence-corrected chi connectivity index (χ0v) is 10.5. The van der Waals surface area contributed by atoms with Crippen molar-refractivity contribution in [1.29, 1.82) is 0 Å². The highest BCUT2D eigenvalue weighted by molar-refractivity contribution is 5.87. The maximum Gasteiger partial charge on any atom is 0.333 e. The molecule has 2 N–H and O–H groups in total. The Bertz CT molecular complexity index is 240. The van der Waals surface area contributed by atoms with Gasteiger partial charge in [0.25, 0.3) is 0 Å². The van der Waals surface area contributed by atoms with Crippen LogP contribution in [-0.4, -0.2) is 17.6 Å². The van der Waals surface area contributed by atoms with Gasteiger partial charge in [0.15, 0.2) is 0 Å². The first-order chi connectivity index (χ1) is 6.70. The third-order valence-electron chi connectivity index (χ3n) is 2.74. The van der Waals surface area contributed by atoms with Crippen LogP contribution in [0.4, 0.5) is 0 Å². The van der Waals surface area contributed by atoms with E-state index in [0.29, 0.717) is 5.57 Å². The SMILES string of the molecule is C=C(C)C(=O)OC(CC)C(C)C(C)(C)N. The molecular formula is C12H23NO2. The van der Waals surface area contributed by atoms with Gasteiger partial charge in [-0.25, -0.2) is 4.79 Å². The molecule has 0 aromatic heterocycles. The average Bonchev–Trinajstić information content (AvgIpc) is 2.10. The Morgan fingerprint density at radius 2 is 2.00 bits per heavy atom. The molecule has 0 spiro atoms. The molecule has 0 saturated heterocycles. The van der Waals surface area contributed by atoms with Crippen molar-refractivity contribution < 1.29 is 9.53 Å². The molecule has 0 fully saturated rings. The second kappa shape index (κ2) is 5.31. The second-order valence-electron chi connectivity index (χ2n) is 4.74. The van der Waals surface area contributed by atoms with Crippen molar-refractivity contribution in [2.45, 2.75) is 52.7 Å². The van der Waals surface area contributed by atoms with Crippen LogP contribution in [0, 0.1) is 5.92 Å². The quantitative estimate of drug-likeness (QED) is 0.563. The molecule has 0 amide bonds. The topological polar surface area (TPSA) is 52.3 Å². The molecule has 0 bridgehead atoms. The van der Waals surface area contributed by atoms with Gasteiger partial charge >= 0.3 is 5.97 Å². The van der Waals surface area contributed by atoms with E-state index in [-0.39, 0.29) is 23.5 Å². The predicted molar refractivity (Wildman–Crippen MR) is 62.4 cm³/mol. The van der Waals surface area contributed by atoms with E-state index >= 15 is 0 Å². The third-order valence-corrected chi connectivity index (χ3v) is 2.74. The zero-order chi connectivity index (χ0) is 12.2. The molecule has 0 saturated carbocycles. The number of nitrogens with two attached hydrogens (primary N) is 1. The van der Waals surface area contributed by atoms with Gasteiger partial charge in [0.1, 0.15) is 6.10 Å². The van der Waals surface area contributed by atoms with Crippen LogP contribution in [0.15, 0.2) is 12.2 Å². The summed E-state index contributed by atoms with van der Waals surface area (Å²) in [6.45, 7) is 13.1. The average molecular weight is 213 g/mol. The molecule has 0 aromatic carbocycles. The van der Waals surface area contributed by atoms with Crippen LogP contribution in [0.2, 0.25) is 0 Å². The van der Waals surface area contributed by atoms with Gasteiger partial charge in [-0.3, -0.25) is 0 Å². The lowest BCUT2D eigenvalue weighted by atomic mass is 9.84. The summed E-state index contributed by atoms with van der Waals surface area (Å²) in [4.78, 5) is 11.4. The van der Waals surface area contributed by atoms with E-state index in [4.69, 9.17) is 10.5 Å². The smallest absolute Gasteiger partial charge is 0.333 e. The molecule has 3 heteroatoms. The lowest BCUT2D eigenvalue weighted by Gasteiger charge is -2.33. The molecular weight excluding hydrogens is 190 g/mol. The van der Waals surface area contributed by atoms with Crippen molar-refractivity contribution in [1.82, 2.24) is 0 Å². The number of carbonyl (C=O) groups is 1. The van der Waals surface area contributed by atoms with Gasteiger partial charge < -0.3 is 10.5 Å². The minimum atomic E-state index is -0.351. The Hall–Kier alpha value is -0.830. The van der Waals surface area contributed by atoms with Crippen molar-refractivity contribution in [2.24, 2.45) is 11.7 Å². The molecule has 2 atom stereocenters. The van der Waals surface area contributed by atoms with E-state index in [2.05, 4.69) is 6.58 Å². The Balaban J connectivity index is 4.51. The number of hydrogen-bond donors (Lipinski definition) is 1. The molecule has 0 aliphatic rings. The fraction of sp³-hybridized carbons (Fsp3) is 0.750. The van der Waals surface area contributed by atoms with E-state index in [1.807, 2.05) is 27.7 Å². The molecule has 0 rings (SSSR count). The fourth-order valence-electron chi connectivity index (χ4n) is 1.26. The Morgan fingerprint density at radius 3 is 2.27 bits per heavy atom. The molecule has 0 aliphatic carbocycles. The Kier molecular flexibility index (Phi) is 5.01. The lowest BCUT2D eigenvalue weighted by molar-refractivity contribution is -0.147. The second-order valence-corrected chi connectivity index (χ2v) is 4.74. The van der Waals surface area contributed by atoms with Crippen molar-refractivity contribution in [3.63, 3.8) is 0 Å². The minimum Gasteiger partial charge on any atom is -0.459 e. The first-order valence-corrected chi connectivity index (χ1v) is 5.35. The largest absolute Gasteiger partial charge is 0.459 e. The first kappa shape index (κ1) is 14.2. The zero-order valence-electron chi connectivity index (χ0n) is 10.5. The van der Waals surface area contributed by atoms with Crippen molar-refractivity contribution >= 4 is 5.97 Å². The maximum absolute atomic E-state index is 11.4. The highest BCUT2D eigenvalue weighted by atomic mass is 16.5. The Labute approximate surface area is 92.7 Å². The number of esters is 1. The number of carbonyl (C=O) groups excluding carboxylic acids is 1. The lowest BCUT2D eigenvalue weighted by Crippen LogP contribution is -2.46. The molecule has 2 unspecified atom stereocenters. The highest BCUT2D eigenvalue weighted by Gasteiger charge is 2.30. The number of rotatable bonds is 5. The fourth-order valence-corrected chi connectivity index (χ4v) is 1.26. The summed E-state index contributed by atoms with van der Waals surface area (Å²) in [5, 5.41) is 0. The normalized spacial score (nSPS) is 15.6. The third kappa shape index (κ3) is 4.47. The molecule has 0 radical (unpaired) electrons. The van der Waals surface area contributed by atoms with Crippen LogP contribution in [0.1, 0.15) is 41.0 Å². The highest BCUT2D eigenvalue weighted by Crippen LogP contribution is 2.22. The van der Waals surface area contributed by atoms with Gasteiger partial charge in [-0.15, -0.1) is 0 Å². The summed E-state index contributed by atoms with van der Waals surface area (Å²) in [7, 11) is 0. The number of ether oxygens (including phenoxy) is 1. The predicted octanol–water partition coefficient (Wildman–Crippen LogP) is 2.26. The van der Waals surface area contributed by atoms with Crippen LogP contribution < -0.4 is 5.73 Å². The summed E-state index contributed by atoms with van der Waals surface area (Å²) >= 11 is 0. The van der Waals surface area contributed by atoms with Gasteiger partial charge in [0, 0.05) is 17.0 Å². The summed E-state index contributed by atoms with van der Waals surface area (Å²) in [5.74, 6) is -0.219. The summed E-state index contributed by atoms with van der Waals surface area (Å²) in [6.07, 6.45) is 0.620. The van der Waals surface area contributed by atoms with Gasteiger partial charge in [0.05, 0.1) is 0 Å². The van der Waals surface area contributed by atoms with E-state index in [1.165, 1.54) is 0 Å². The Morgan fingerprint density at radius 1 is 1.53 bits per heavy atom.